The Bertz CT molecular complexity index is 568. The van der Waals surface area contributed by atoms with Crippen LogP contribution in [0.5, 0.6) is 5.75 Å². The molecule has 1 N–H and O–H groups in total. The van der Waals surface area contributed by atoms with Gasteiger partial charge in [0, 0.05) is 25.7 Å². The Morgan fingerprint density at radius 3 is 2.50 bits per heavy atom. The molecule has 2 aromatic rings. The van der Waals surface area contributed by atoms with Crippen molar-refractivity contribution in [1.29, 1.82) is 0 Å². The highest BCUT2D eigenvalue weighted by atomic mass is 16.5. The van der Waals surface area contributed by atoms with E-state index in [0.717, 1.165) is 38.4 Å². The van der Waals surface area contributed by atoms with Crippen molar-refractivity contribution < 1.29 is 4.74 Å². The molecule has 1 aliphatic rings. The third-order valence-corrected chi connectivity index (χ3v) is 4.16. The molecule has 22 heavy (non-hydrogen) atoms. The summed E-state index contributed by atoms with van der Waals surface area (Å²) >= 11 is 0. The van der Waals surface area contributed by atoms with E-state index < -0.39 is 0 Å². The van der Waals surface area contributed by atoms with Crippen LogP contribution in [0, 0.1) is 0 Å². The molecule has 3 heteroatoms. The molecule has 1 saturated heterocycles. The van der Waals surface area contributed by atoms with Gasteiger partial charge in [-0.05, 0) is 36.7 Å². The van der Waals surface area contributed by atoms with E-state index in [0.29, 0.717) is 6.04 Å². The van der Waals surface area contributed by atoms with E-state index in [4.69, 9.17) is 4.74 Å². The maximum atomic E-state index is 5.88. The third kappa shape index (κ3) is 4.09. The highest BCUT2D eigenvalue weighted by Crippen LogP contribution is 2.22. The Balaban J connectivity index is 1.49. The standard InChI is InChI=1S/C19H24N2O/c1-21-13-12-20-18(15-21)11-14-22-19-9-7-17(8-10-19)16-5-3-2-4-6-16/h2-10,18,20H,11-15H2,1H3. The molecule has 3 rings (SSSR count). The van der Waals surface area contributed by atoms with E-state index in [1.54, 1.807) is 0 Å². The molecule has 0 radical (unpaired) electrons. The molecule has 1 atom stereocenters. The van der Waals surface area contributed by atoms with Crippen molar-refractivity contribution >= 4 is 0 Å². The lowest BCUT2D eigenvalue weighted by Crippen LogP contribution is -2.49. The summed E-state index contributed by atoms with van der Waals surface area (Å²) in [6.07, 6.45) is 1.05. The average Bonchev–Trinajstić information content (AvgIpc) is 2.56. The van der Waals surface area contributed by atoms with Crippen LogP contribution in [0.15, 0.2) is 54.6 Å². The Labute approximate surface area is 132 Å². The SMILES string of the molecule is CN1CCNC(CCOc2ccc(-c3ccccc3)cc2)C1. The molecule has 0 aliphatic carbocycles. The maximum Gasteiger partial charge on any atom is 0.119 e. The maximum absolute atomic E-state index is 5.88. The predicted molar refractivity (Wildman–Crippen MR) is 91.3 cm³/mol. The smallest absolute Gasteiger partial charge is 0.119 e. The minimum atomic E-state index is 0.544. The molecule has 3 nitrogen and oxygen atoms in total. The molecule has 0 bridgehead atoms. The normalized spacial score (nSPS) is 19.0. The fraction of sp³-hybridized carbons (Fsp3) is 0.368. The van der Waals surface area contributed by atoms with Gasteiger partial charge in [-0.25, -0.2) is 0 Å². The van der Waals surface area contributed by atoms with Crippen molar-refractivity contribution in [3.8, 4) is 16.9 Å². The summed E-state index contributed by atoms with van der Waals surface area (Å²) in [4.78, 5) is 2.37. The van der Waals surface area contributed by atoms with Crippen LogP contribution in [-0.2, 0) is 0 Å². The van der Waals surface area contributed by atoms with Gasteiger partial charge in [0.2, 0.25) is 0 Å². The minimum Gasteiger partial charge on any atom is -0.494 e. The fourth-order valence-electron chi connectivity index (χ4n) is 2.88. The van der Waals surface area contributed by atoms with Crippen LogP contribution >= 0.6 is 0 Å². The molecule has 0 spiro atoms. The highest BCUT2D eigenvalue weighted by Gasteiger charge is 2.15. The highest BCUT2D eigenvalue weighted by molar-refractivity contribution is 5.63. The molecule has 1 heterocycles. The second-order valence-electron chi connectivity index (χ2n) is 5.94. The van der Waals surface area contributed by atoms with Gasteiger partial charge >= 0.3 is 0 Å². The summed E-state index contributed by atoms with van der Waals surface area (Å²) in [6.45, 7) is 4.08. The molecular weight excluding hydrogens is 272 g/mol. The Hall–Kier alpha value is -1.84. The molecule has 2 aromatic carbocycles. The van der Waals surface area contributed by atoms with Crippen molar-refractivity contribution in [2.45, 2.75) is 12.5 Å². The van der Waals surface area contributed by atoms with Gasteiger partial charge in [0.1, 0.15) is 5.75 Å². The monoisotopic (exact) mass is 296 g/mol. The largest absolute Gasteiger partial charge is 0.494 e. The summed E-state index contributed by atoms with van der Waals surface area (Å²) in [7, 11) is 2.18. The van der Waals surface area contributed by atoms with E-state index in [-0.39, 0.29) is 0 Å². The van der Waals surface area contributed by atoms with Crippen LogP contribution in [0.1, 0.15) is 6.42 Å². The van der Waals surface area contributed by atoms with Crippen LogP contribution in [0.3, 0.4) is 0 Å². The van der Waals surface area contributed by atoms with Gasteiger partial charge < -0.3 is 15.0 Å². The minimum absolute atomic E-state index is 0.544. The first-order valence-corrected chi connectivity index (χ1v) is 8.01. The zero-order valence-corrected chi connectivity index (χ0v) is 13.2. The van der Waals surface area contributed by atoms with Crippen molar-refractivity contribution in [3.63, 3.8) is 0 Å². The van der Waals surface area contributed by atoms with E-state index in [2.05, 4.69) is 65.8 Å². The Morgan fingerprint density at radius 2 is 1.77 bits per heavy atom. The quantitative estimate of drug-likeness (QED) is 0.918. The van der Waals surface area contributed by atoms with Crippen LogP contribution in [0.4, 0.5) is 0 Å². The van der Waals surface area contributed by atoms with Gasteiger partial charge in [-0.1, -0.05) is 42.5 Å². The third-order valence-electron chi connectivity index (χ3n) is 4.16. The second-order valence-corrected chi connectivity index (χ2v) is 5.94. The lowest BCUT2D eigenvalue weighted by atomic mass is 10.1. The molecule has 1 aliphatic heterocycles. The van der Waals surface area contributed by atoms with Crippen molar-refractivity contribution in [1.82, 2.24) is 10.2 Å². The molecule has 1 unspecified atom stereocenters. The van der Waals surface area contributed by atoms with Crippen molar-refractivity contribution in [2.24, 2.45) is 0 Å². The molecule has 1 fully saturated rings. The van der Waals surface area contributed by atoms with Gasteiger partial charge in [0.05, 0.1) is 6.61 Å². The van der Waals surface area contributed by atoms with Crippen LogP contribution in [0.2, 0.25) is 0 Å². The number of benzene rings is 2. The van der Waals surface area contributed by atoms with Gasteiger partial charge in [-0.3, -0.25) is 0 Å². The summed E-state index contributed by atoms with van der Waals surface area (Å²) in [6, 6.07) is 19.3. The van der Waals surface area contributed by atoms with Crippen LogP contribution < -0.4 is 10.1 Å². The lowest BCUT2D eigenvalue weighted by molar-refractivity contribution is 0.206. The molecule has 0 saturated carbocycles. The zero-order chi connectivity index (χ0) is 15.2. The first-order valence-electron chi connectivity index (χ1n) is 8.01. The summed E-state index contributed by atoms with van der Waals surface area (Å²) < 4.78 is 5.88. The van der Waals surface area contributed by atoms with Crippen LogP contribution in [-0.4, -0.2) is 44.2 Å². The fourth-order valence-corrected chi connectivity index (χ4v) is 2.88. The first kappa shape index (κ1) is 15.1. The number of rotatable bonds is 5. The van der Waals surface area contributed by atoms with Crippen molar-refractivity contribution in [3.05, 3.63) is 54.6 Å². The predicted octanol–water partition coefficient (Wildman–Crippen LogP) is 3.03. The Kier molecular flexibility index (Phi) is 5.09. The van der Waals surface area contributed by atoms with E-state index >= 15 is 0 Å². The topological polar surface area (TPSA) is 24.5 Å². The van der Waals surface area contributed by atoms with E-state index in [1.807, 2.05) is 6.07 Å². The molecular formula is C19H24N2O. The number of nitrogens with one attached hydrogen (secondary N) is 1. The number of hydrogen-bond acceptors (Lipinski definition) is 3. The number of likely N-dealkylation sites (N-methyl/N-ethyl adjacent to an activating group) is 1. The summed E-state index contributed by atoms with van der Waals surface area (Å²) in [5.74, 6) is 0.948. The van der Waals surface area contributed by atoms with Gasteiger partial charge in [-0.2, -0.15) is 0 Å². The van der Waals surface area contributed by atoms with Gasteiger partial charge in [0.25, 0.3) is 0 Å². The zero-order valence-electron chi connectivity index (χ0n) is 13.2. The van der Waals surface area contributed by atoms with E-state index in [9.17, 15) is 0 Å². The Morgan fingerprint density at radius 1 is 1.05 bits per heavy atom. The average molecular weight is 296 g/mol. The number of nitrogens with zero attached hydrogens (tertiary/aromatic N) is 1. The molecule has 0 amide bonds. The summed E-state index contributed by atoms with van der Waals surface area (Å²) in [5.41, 5.74) is 2.46. The number of ether oxygens (including phenoxy) is 1. The van der Waals surface area contributed by atoms with Crippen LogP contribution in [0.25, 0.3) is 11.1 Å². The van der Waals surface area contributed by atoms with Gasteiger partial charge in [-0.15, -0.1) is 0 Å². The molecule has 116 valence electrons. The number of hydrogen-bond donors (Lipinski definition) is 1. The number of piperazine rings is 1. The first-order chi connectivity index (χ1) is 10.8. The van der Waals surface area contributed by atoms with Gasteiger partial charge in [0.15, 0.2) is 0 Å². The molecule has 0 aromatic heterocycles. The second kappa shape index (κ2) is 7.43. The summed E-state index contributed by atoms with van der Waals surface area (Å²) in [5, 5.41) is 3.54. The van der Waals surface area contributed by atoms with E-state index in [1.165, 1.54) is 11.1 Å². The van der Waals surface area contributed by atoms with Crippen molar-refractivity contribution in [2.75, 3.05) is 33.3 Å². The lowest BCUT2D eigenvalue weighted by Gasteiger charge is -2.30.